The van der Waals surface area contributed by atoms with Crippen LogP contribution >= 0.6 is 0 Å². The van der Waals surface area contributed by atoms with E-state index in [1.54, 1.807) is 0 Å². The first-order valence-corrected chi connectivity index (χ1v) is 3.86. The standard InChI is InChI=1S/C7H12O6/c8-3-13-7(12)1-4(9)6(11)5(10)2-7/h3-6,9-12H,1-2H2/t4-,5-,6?,7?/m1/s1. The summed E-state index contributed by atoms with van der Waals surface area (Å²) in [5.74, 6) is -1.88. The van der Waals surface area contributed by atoms with Crippen molar-refractivity contribution in [3.63, 3.8) is 0 Å². The molecule has 0 aromatic rings. The van der Waals surface area contributed by atoms with Crippen molar-refractivity contribution in [1.29, 1.82) is 0 Å². The molecule has 0 aromatic heterocycles. The third-order valence-corrected chi connectivity index (χ3v) is 2.11. The third-order valence-electron chi connectivity index (χ3n) is 2.11. The highest BCUT2D eigenvalue weighted by Crippen LogP contribution is 2.29. The smallest absolute Gasteiger partial charge is 0.295 e. The van der Waals surface area contributed by atoms with Crippen LogP contribution in [0, 0.1) is 0 Å². The number of hydrogen-bond acceptors (Lipinski definition) is 6. The van der Waals surface area contributed by atoms with Gasteiger partial charge in [-0.25, -0.2) is 0 Å². The SMILES string of the molecule is O=COC1(O)C[C@@H](O)C(O)[C@H](O)C1. The lowest BCUT2D eigenvalue weighted by Gasteiger charge is -2.38. The van der Waals surface area contributed by atoms with Crippen molar-refractivity contribution in [1.82, 2.24) is 0 Å². The normalized spacial score (nSPS) is 45.7. The van der Waals surface area contributed by atoms with Gasteiger partial charge >= 0.3 is 0 Å². The molecule has 2 atom stereocenters. The van der Waals surface area contributed by atoms with Crippen LogP contribution in [0.15, 0.2) is 0 Å². The van der Waals surface area contributed by atoms with Crippen LogP contribution in [0.5, 0.6) is 0 Å². The highest BCUT2D eigenvalue weighted by atomic mass is 16.6. The summed E-state index contributed by atoms with van der Waals surface area (Å²) in [5.41, 5.74) is 0. The van der Waals surface area contributed by atoms with Crippen molar-refractivity contribution in [2.75, 3.05) is 0 Å². The van der Waals surface area contributed by atoms with Gasteiger partial charge in [-0.05, 0) is 0 Å². The fourth-order valence-electron chi connectivity index (χ4n) is 1.42. The maximum absolute atomic E-state index is 9.97. The molecule has 0 saturated heterocycles. The molecule has 0 unspecified atom stereocenters. The summed E-state index contributed by atoms with van der Waals surface area (Å²) in [5, 5.41) is 36.8. The quantitative estimate of drug-likeness (QED) is 0.290. The lowest BCUT2D eigenvalue weighted by Crippen LogP contribution is -2.53. The topological polar surface area (TPSA) is 107 Å². The Balaban J connectivity index is 2.66. The first kappa shape index (κ1) is 10.4. The molecule has 0 spiro atoms. The summed E-state index contributed by atoms with van der Waals surface area (Å²) in [4.78, 5) is 9.97. The van der Waals surface area contributed by atoms with E-state index in [1.165, 1.54) is 0 Å². The predicted octanol–water partition coefficient (Wildman–Crippen LogP) is -2.28. The fraction of sp³-hybridized carbons (Fsp3) is 0.857. The molecule has 76 valence electrons. The minimum atomic E-state index is -1.88. The van der Waals surface area contributed by atoms with E-state index in [1.807, 2.05) is 0 Å². The van der Waals surface area contributed by atoms with Gasteiger partial charge in [-0.15, -0.1) is 0 Å². The second-order valence-corrected chi connectivity index (χ2v) is 3.19. The van der Waals surface area contributed by atoms with Crippen molar-refractivity contribution in [3.8, 4) is 0 Å². The summed E-state index contributed by atoms with van der Waals surface area (Å²) in [7, 11) is 0. The molecule has 6 nitrogen and oxygen atoms in total. The zero-order valence-electron chi connectivity index (χ0n) is 6.83. The van der Waals surface area contributed by atoms with E-state index in [0.29, 0.717) is 0 Å². The molecular weight excluding hydrogens is 180 g/mol. The highest BCUT2D eigenvalue weighted by Gasteiger charge is 2.45. The molecule has 1 saturated carbocycles. The third kappa shape index (κ3) is 2.16. The Morgan fingerprint density at radius 2 is 1.69 bits per heavy atom. The molecule has 4 N–H and O–H groups in total. The van der Waals surface area contributed by atoms with Gasteiger partial charge < -0.3 is 25.2 Å². The van der Waals surface area contributed by atoms with Gasteiger partial charge in [0.1, 0.15) is 6.10 Å². The molecule has 0 heterocycles. The average molecular weight is 192 g/mol. The second kappa shape index (κ2) is 3.59. The minimum absolute atomic E-state index is 0.0388. The maximum atomic E-state index is 9.97. The summed E-state index contributed by atoms with van der Waals surface area (Å²) < 4.78 is 4.30. The van der Waals surface area contributed by atoms with Gasteiger partial charge in [0, 0.05) is 12.8 Å². The van der Waals surface area contributed by atoms with Crippen LogP contribution in [0.4, 0.5) is 0 Å². The van der Waals surface area contributed by atoms with E-state index < -0.39 is 24.1 Å². The van der Waals surface area contributed by atoms with E-state index in [-0.39, 0.29) is 19.3 Å². The van der Waals surface area contributed by atoms with Crippen LogP contribution in [0.3, 0.4) is 0 Å². The van der Waals surface area contributed by atoms with Gasteiger partial charge in [0.2, 0.25) is 5.79 Å². The van der Waals surface area contributed by atoms with Gasteiger partial charge in [-0.2, -0.15) is 0 Å². The molecule has 0 aromatic carbocycles. The van der Waals surface area contributed by atoms with Crippen molar-refractivity contribution in [2.24, 2.45) is 0 Å². The van der Waals surface area contributed by atoms with Gasteiger partial charge in [0.25, 0.3) is 6.47 Å². The molecule has 13 heavy (non-hydrogen) atoms. The summed E-state index contributed by atoms with van der Waals surface area (Å²) in [6.45, 7) is 0.0388. The van der Waals surface area contributed by atoms with E-state index in [0.717, 1.165) is 0 Å². The molecule has 1 rings (SSSR count). The van der Waals surface area contributed by atoms with Crippen LogP contribution in [0.1, 0.15) is 12.8 Å². The number of aliphatic hydroxyl groups is 4. The van der Waals surface area contributed by atoms with Crippen LogP contribution in [-0.4, -0.2) is 51.0 Å². The lowest BCUT2D eigenvalue weighted by atomic mass is 9.87. The van der Waals surface area contributed by atoms with Gasteiger partial charge in [0.05, 0.1) is 12.2 Å². The molecule has 0 amide bonds. The summed E-state index contributed by atoms with van der Waals surface area (Å²) in [6.07, 6.45) is -4.51. The van der Waals surface area contributed by atoms with Crippen molar-refractivity contribution in [3.05, 3.63) is 0 Å². The Kier molecular flexibility index (Phi) is 2.87. The number of hydrogen-bond donors (Lipinski definition) is 4. The van der Waals surface area contributed by atoms with E-state index in [4.69, 9.17) is 15.3 Å². The van der Waals surface area contributed by atoms with Gasteiger partial charge in [-0.3, -0.25) is 4.79 Å². The van der Waals surface area contributed by atoms with Crippen LogP contribution < -0.4 is 0 Å². The van der Waals surface area contributed by atoms with E-state index in [9.17, 15) is 9.90 Å². The van der Waals surface area contributed by atoms with Crippen LogP contribution in [0.25, 0.3) is 0 Å². The van der Waals surface area contributed by atoms with Crippen molar-refractivity contribution < 1.29 is 30.0 Å². The first-order valence-electron chi connectivity index (χ1n) is 3.86. The molecule has 0 aliphatic heterocycles. The van der Waals surface area contributed by atoms with Gasteiger partial charge in [-0.1, -0.05) is 0 Å². The Morgan fingerprint density at radius 1 is 1.23 bits per heavy atom. The lowest BCUT2D eigenvalue weighted by molar-refractivity contribution is -0.252. The van der Waals surface area contributed by atoms with Gasteiger partial charge in [0.15, 0.2) is 0 Å². The van der Waals surface area contributed by atoms with Crippen LogP contribution in [0.2, 0.25) is 0 Å². The largest absolute Gasteiger partial charge is 0.435 e. The van der Waals surface area contributed by atoms with Crippen LogP contribution in [-0.2, 0) is 9.53 Å². The maximum Gasteiger partial charge on any atom is 0.295 e. The Labute approximate surface area is 74.4 Å². The average Bonchev–Trinajstić information content (AvgIpc) is 2.00. The summed E-state index contributed by atoms with van der Waals surface area (Å²) in [6, 6.07) is 0. The zero-order chi connectivity index (χ0) is 10.1. The zero-order valence-corrected chi connectivity index (χ0v) is 6.83. The molecule has 6 heteroatoms. The molecule has 0 bridgehead atoms. The predicted molar refractivity (Wildman–Crippen MR) is 39.4 cm³/mol. The summed E-state index contributed by atoms with van der Waals surface area (Å²) >= 11 is 0. The number of ether oxygens (including phenoxy) is 1. The molecule has 1 fully saturated rings. The Morgan fingerprint density at radius 3 is 2.08 bits per heavy atom. The second-order valence-electron chi connectivity index (χ2n) is 3.19. The minimum Gasteiger partial charge on any atom is -0.435 e. The fourth-order valence-corrected chi connectivity index (χ4v) is 1.42. The van der Waals surface area contributed by atoms with Crippen molar-refractivity contribution in [2.45, 2.75) is 36.9 Å². The van der Waals surface area contributed by atoms with Crippen molar-refractivity contribution >= 4 is 6.47 Å². The Bertz CT molecular complexity index is 181. The van der Waals surface area contributed by atoms with E-state index >= 15 is 0 Å². The number of rotatable bonds is 2. The first-order chi connectivity index (χ1) is 5.98. The number of carbonyl (C=O) groups is 1. The highest BCUT2D eigenvalue weighted by molar-refractivity contribution is 5.38. The molecule has 1 aliphatic rings. The molecule has 1 aliphatic carbocycles. The Hall–Kier alpha value is -0.690. The monoisotopic (exact) mass is 192 g/mol. The molecular formula is C7H12O6. The van der Waals surface area contributed by atoms with E-state index in [2.05, 4.69) is 4.74 Å². The number of carbonyl (C=O) groups excluding carboxylic acids is 1. The molecule has 0 radical (unpaired) electrons. The number of aliphatic hydroxyl groups excluding tert-OH is 3.